The quantitative estimate of drug-likeness (QED) is 0.897. The van der Waals surface area contributed by atoms with Crippen LogP contribution in [0.3, 0.4) is 0 Å². The third kappa shape index (κ3) is 2.71. The molecule has 0 spiro atoms. The van der Waals surface area contributed by atoms with Gasteiger partial charge in [0.1, 0.15) is 0 Å². The van der Waals surface area contributed by atoms with Gasteiger partial charge in [0, 0.05) is 30.7 Å². The van der Waals surface area contributed by atoms with Crippen LogP contribution >= 0.6 is 0 Å². The van der Waals surface area contributed by atoms with E-state index in [0.29, 0.717) is 12.8 Å². The van der Waals surface area contributed by atoms with E-state index in [1.807, 2.05) is 6.07 Å². The molecule has 0 aliphatic heterocycles. The summed E-state index contributed by atoms with van der Waals surface area (Å²) >= 11 is 0. The van der Waals surface area contributed by atoms with Gasteiger partial charge in [0.2, 0.25) is 5.92 Å². The van der Waals surface area contributed by atoms with Gasteiger partial charge in [0.15, 0.2) is 0 Å². The fraction of sp³-hybridized carbons (Fsp3) is 0.688. The molecule has 1 saturated carbocycles. The maximum absolute atomic E-state index is 13.2. The molecule has 2 aliphatic carbocycles. The first-order valence-electron chi connectivity index (χ1n) is 7.56. The standard InChI is InChI=1S/C16H21F2NO/c17-16(18)8-6-12(7-9-16)15(20)13-5-1-3-11-4-2-10-19-14(11)13/h2,4,10,12-13,15,20H,1,3,5-9H2. The van der Waals surface area contributed by atoms with Crippen molar-refractivity contribution in [3.63, 3.8) is 0 Å². The molecule has 0 saturated heterocycles. The highest BCUT2D eigenvalue weighted by Gasteiger charge is 2.40. The van der Waals surface area contributed by atoms with Crippen LogP contribution in [0.15, 0.2) is 18.3 Å². The minimum absolute atomic E-state index is 0.00687. The monoisotopic (exact) mass is 281 g/mol. The molecule has 2 nitrogen and oxygen atoms in total. The number of aryl methyl sites for hydroxylation is 1. The largest absolute Gasteiger partial charge is 0.392 e. The molecule has 3 rings (SSSR count). The van der Waals surface area contributed by atoms with Gasteiger partial charge in [-0.15, -0.1) is 0 Å². The summed E-state index contributed by atoms with van der Waals surface area (Å²) in [7, 11) is 0. The van der Waals surface area contributed by atoms with Crippen LogP contribution in [0.5, 0.6) is 0 Å². The second kappa shape index (κ2) is 5.40. The Balaban J connectivity index is 1.74. The first-order valence-corrected chi connectivity index (χ1v) is 7.56. The topological polar surface area (TPSA) is 33.1 Å². The molecule has 4 heteroatoms. The lowest BCUT2D eigenvalue weighted by atomic mass is 9.74. The zero-order chi connectivity index (χ0) is 14.2. The van der Waals surface area contributed by atoms with Gasteiger partial charge in [0.25, 0.3) is 0 Å². The number of alkyl halides is 2. The second-order valence-electron chi connectivity index (χ2n) is 6.23. The summed E-state index contributed by atoms with van der Waals surface area (Å²) in [5, 5.41) is 10.6. The number of aliphatic hydroxyl groups is 1. The predicted octanol–water partition coefficient (Wildman–Crippen LogP) is 3.69. The minimum atomic E-state index is -2.53. The van der Waals surface area contributed by atoms with Crippen molar-refractivity contribution >= 4 is 0 Å². The Kier molecular flexibility index (Phi) is 3.76. The summed E-state index contributed by atoms with van der Waals surface area (Å²) in [4.78, 5) is 4.44. The molecule has 1 fully saturated rings. The first-order chi connectivity index (χ1) is 9.57. The zero-order valence-electron chi connectivity index (χ0n) is 11.6. The lowest BCUT2D eigenvalue weighted by Gasteiger charge is -2.36. The minimum Gasteiger partial charge on any atom is -0.392 e. The van der Waals surface area contributed by atoms with Gasteiger partial charge in [-0.2, -0.15) is 0 Å². The van der Waals surface area contributed by atoms with Crippen LogP contribution in [-0.4, -0.2) is 22.1 Å². The molecular weight excluding hydrogens is 260 g/mol. The van der Waals surface area contributed by atoms with Gasteiger partial charge in [-0.3, -0.25) is 4.98 Å². The Hall–Kier alpha value is -1.03. The predicted molar refractivity (Wildman–Crippen MR) is 72.8 cm³/mol. The molecule has 2 atom stereocenters. The van der Waals surface area contributed by atoms with Gasteiger partial charge in [0.05, 0.1) is 6.10 Å². The van der Waals surface area contributed by atoms with Crippen molar-refractivity contribution in [3.8, 4) is 0 Å². The Morgan fingerprint density at radius 3 is 2.75 bits per heavy atom. The number of fused-ring (bicyclic) bond motifs is 1. The summed E-state index contributed by atoms with van der Waals surface area (Å²) in [5.41, 5.74) is 2.20. The summed E-state index contributed by atoms with van der Waals surface area (Å²) in [6.45, 7) is 0. The normalized spacial score (nSPS) is 27.9. The maximum Gasteiger partial charge on any atom is 0.248 e. The van der Waals surface area contributed by atoms with E-state index in [9.17, 15) is 13.9 Å². The van der Waals surface area contributed by atoms with Crippen molar-refractivity contribution in [1.29, 1.82) is 0 Å². The van der Waals surface area contributed by atoms with Crippen molar-refractivity contribution < 1.29 is 13.9 Å². The number of pyridine rings is 1. The molecule has 1 N–H and O–H groups in total. The number of rotatable bonds is 2. The Morgan fingerprint density at radius 2 is 2.00 bits per heavy atom. The Bertz CT molecular complexity index is 467. The molecule has 0 bridgehead atoms. The average Bonchev–Trinajstić information content (AvgIpc) is 2.46. The lowest BCUT2D eigenvalue weighted by Crippen LogP contribution is -2.36. The van der Waals surface area contributed by atoms with E-state index in [1.54, 1.807) is 6.20 Å². The van der Waals surface area contributed by atoms with E-state index in [4.69, 9.17) is 0 Å². The third-order valence-corrected chi connectivity index (χ3v) is 4.90. The first kappa shape index (κ1) is 13.9. The fourth-order valence-corrected chi connectivity index (χ4v) is 3.71. The van der Waals surface area contributed by atoms with Crippen molar-refractivity contribution in [1.82, 2.24) is 4.98 Å². The van der Waals surface area contributed by atoms with Crippen molar-refractivity contribution in [2.75, 3.05) is 0 Å². The summed E-state index contributed by atoms with van der Waals surface area (Å²) in [6.07, 6.45) is 4.88. The molecule has 20 heavy (non-hydrogen) atoms. The van der Waals surface area contributed by atoms with Crippen LogP contribution in [0.2, 0.25) is 0 Å². The van der Waals surface area contributed by atoms with Crippen LogP contribution < -0.4 is 0 Å². The van der Waals surface area contributed by atoms with Crippen molar-refractivity contribution in [2.24, 2.45) is 5.92 Å². The number of hydrogen-bond acceptors (Lipinski definition) is 2. The van der Waals surface area contributed by atoms with E-state index < -0.39 is 12.0 Å². The molecule has 2 unspecified atom stereocenters. The third-order valence-electron chi connectivity index (χ3n) is 4.90. The molecule has 2 aliphatic rings. The van der Waals surface area contributed by atoms with Crippen molar-refractivity contribution in [2.45, 2.75) is 62.9 Å². The number of aromatic nitrogens is 1. The summed E-state index contributed by atoms with van der Waals surface area (Å²) in [6, 6.07) is 3.99. The molecule has 1 aromatic heterocycles. The SMILES string of the molecule is OC(C1CCC(F)(F)CC1)C1CCCc2cccnc21. The van der Waals surface area contributed by atoms with E-state index in [1.165, 1.54) is 5.56 Å². The van der Waals surface area contributed by atoms with E-state index in [-0.39, 0.29) is 24.7 Å². The molecule has 0 radical (unpaired) electrons. The number of hydrogen-bond donors (Lipinski definition) is 1. The molecule has 0 amide bonds. The summed E-state index contributed by atoms with van der Waals surface area (Å²) < 4.78 is 26.5. The smallest absolute Gasteiger partial charge is 0.248 e. The molecule has 110 valence electrons. The van der Waals surface area contributed by atoms with Crippen molar-refractivity contribution in [3.05, 3.63) is 29.6 Å². The van der Waals surface area contributed by atoms with Crippen LogP contribution in [-0.2, 0) is 6.42 Å². The van der Waals surface area contributed by atoms with E-state index in [2.05, 4.69) is 11.1 Å². The van der Waals surface area contributed by atoms with Crippen LogP contribution in [0.4, 0.5) is 8.78 Å². The van der Waals surface area contributed by atoms with Gasteiger partial charge in [-0.05, 0) is 49.7 Å². The van der Waals surface area contributed by atoms with Crippen LogP contribution in [0.25, 0.3) is 0 Å². The fourth-order valence-electron chi connectivity index (χ4n) is 3.71. The maximum atomic E-state index is 13.2. The molecular formula is C16H21F2NO. The second-order valence-corrected chi connectivity index (χ2v) is 6.23. The molecule has 1 heterocycles. The molecule has 1 aromatic rings. The van der Waals surface area contributed by atoms with Gasteiger partial charge < -0.3 is 5.11 Å². The van der Waals surface area contributed by atoms with E-state index >= 15 is 0 Å². The van der Waals surface area contributed by atoms with Crippen LogP contribution in [0, 0.1) is 5.92 Å². The average molecular weight is 281 g/mol. The van der Waals surface area contributed by atoms with E-state index in [0.717, 1.165) is 25.0 Å². The highest BCUT2D eigenvalue weighted by atomic mass is 19.3. The zero-order valence-corrected chi connectivity index (χ0v) is 11.6. The molecule has 0 aromatic carbocycles. The highest BCUT2D eigenvalue weighted by Crippen LogP contribution is 2.42. The van der Waals surface area contributed by atoms with Gasteiger partial charge in [-0.25, -0.2) is 8.78 Å². The lowest BCUT2D eigenvalue weighted by molar-refractivity contribution is -0.0663. The number of aliphatic hydroxyl groups excluding tert-OH is 1. The number of halogens is 2. The van der Waals surface area contributed by atoms with Crippen LogP contribution in [0.1, 0.15) is 55.7 Å². The summed E-state index contributed by atoms with van der Waals surface area (Å²) in [5.74, 6) is -2.51. The van der Waals surface area contributed by atoms with Gasteiger partial charge in [-0.1, -0.05) is 6.07 Å². The Labute approximate surface area is 118 Å². The highest BCUT2D eigenvalue weighted by molar-refractivity contribution is 5.27. The Morgan fingerprint density at radius 1 is 1.25 bits per heavy atom. The van der Waals surface area contributed by atoms with Gasteiger partial charge >= 0.3 is 0 Å². The number of nitrogens with zero attached hydrogens (tertiary/aromatic N) is 1.